The first-order chi connectivity index (χ1) is 14.1. The van der Waals surface area contributed by atoms with Gasteiger partial charge in [0.2, 0.25) is 0 Å². The van der Waals surface area contributed by atoms with Crippen molar-refractivity contribution in [2.75, 3.05) is 12.3 Å². The van der Waals surface area contributed by atoms with Gasteiger partial charge in [0.05, 0.1) is 6.61 Å². The molecule has 0 atom stereocenters. The number of benzene rings is 3. The third-order valence-electron chi connectivity index (χ3n) is 5.80. The minimum Gasteiger partial charge on any atom is -0.493 e. The van der Waals surface area contributed by atoms with Gasteiger partial charge in [-0.2, -0.15) is 0 Å². The molecule has 0 radical (unpaired) electrons. The van der Waals surface area contributed by atoms with Gasteiger partial charge in [-0.3, -0.25) is 4.79 Å². The number of anilines is 1. The number of carboxylic acids is 1. The lowest BCUT2D eigenvalue weighted by Crippen LogP contribution is -2.09. The normalized spacial score (nSPS) is 14.3. The Kier molecular flexibility index (Phi) is 5.70. The molecule has 0 spiro atoms. The summed E-state index contributed by atoms with van der Waals surface area (Å²) in [5, 5.41) is 11.2. The zero-order valence-electron chi connectivity index (χ0n) is 16.6. The Balaban J connectivity index is 1.68. The summed E-state index contributed by atoms with van der Waals surface area (Å²) in [5.74, 6) is 0.708. The maximum Gasteiger partial charge on any atom is 0.303 e. The lowest BCUT2D eigenvalue weighted by molar-refractivity contribution is -0.136. The summed E-state index contributed by atoms with van der Waals surface area (Å²) in [6.45, 7) is 0.738. The van der Waals surface area contributed by atoms with E-state index in [9.17, 15) is 4.79 Å². The van der Waals surface area contributed by atoms with Gasteiger partial charge in [0.1, 0.15) is 5.75 Å². The predicted octanol–water partition coefficient (Wildman–Crippen LogP) is 5.68. The number of aryl methyl sites for hydroxylation is 1. The van der Waals surface area contributed by atoms with Crippen LogP contribution in [0.25, 0.3) is 21.9 Å². The number of nitrogen functional groups attached to an aromatic ring is 1. The molecule has 1 aliphatic rings. The highest BCUT2D eigenvalue weighted by Gasteiger charge is 2.17. The van der Waals surface area contributed by atoms with Gasteiger partial charge in [-0.15, -0.1) is 0 Å². The van der Waals surface area contributed by atoms with Crippen molar-refractivity contribution < 1.29 is 14.6 Å². The summed E-state index contributed by atoms with van der Waals surface area (Å²) >= 11 is 0. The number of aliphatic carboxylic acids is 1. The highest BCUT2D eigenvalue weighted by Crippen LogP contribution is 2.35. The van der Waals surface area contributed by atoms with Gasteiger partial charge in [-0.25, -0.2) is 0 Å². The molecule has 0 bridgehead atoms. The zero-order valence-corrected chi connectivity index (χ0v) is 16.6. The van der Waals surface area contributed by atoms with E-state index in [0.29, 0.717) is 12.3 Å². The van der Waals surface area contributed by atoms with Crippen LogP contribution in [0.1, 0.15) is 37.7 Å². The van der Waals surface area contributed by atoms with Crippen molar-refractivity contribution in [2.45, 2.75) is 38.5 Å². The quantitative estimate of drug-likeness (QED) is 0.510. The number of ether oxygens (including phenoxy) is 1. The fourth-order valence-corrected chi connectivity index (χ4v) is 4.15. The lowest BCUT2D eigenvalue weighted by atomic mass is 9.97. The Morgan fingerprint density at radius 2 is 1.79 bits per heavy atom. The molecular formula is C25H27NO3. The molecule has 0 heterocycles. The smallest absolute Gasteiger partial charge is 0.303 e. The van der Waals surface area contributed by atoms with Crippen molar-refractivity contribution in [2.24, 2.45) is 5.92 Å². The number of carboxylic acid groups (broad SMARTS) is 1. The number of hydrogen-bond donors (Lipinski definition) is 2. The van der Waals surface area contributed by atoms with E-state index in [4.69, 9.17) is 15.6 Å². The van der Waals surface area contributed by atoms with E-state index in [-0.39, 0.29) is 6.42 Å². The first-order valence-electron chi connectivity index (χ1n) is 10.4. The molecule has 1 saturated carbocycles. The Morgan fingerprint density at radius 1 is 1.00 bits per heavy atom. The van der Waals surface area contributed by atoms with Crippen molar-refractivity contribution in [3.05, 3.63) is 60.2 Å². The standard InChI is InChI=1S/C25H27NO3/c26-22-10-9-19-7-8-20(14-21(19)15-22)23-13-17(6-12-25(27)28)5-11-24(23)29-16-18-3-1-2-4-18/h5,7-11,13-15,18H,1-4,6,12,16,26H2,(H,27,28). The highest BCUT2D eigenvalue weighted by molar-refractivity contribution is 5.90. The third-order valence-corrected chi connectivity index (χ3v) is 5.80. The van der Waals surface area contributed by atoms with Crippen LogP contribution in [-0.4, -0.2) is 17.7 Å². The maximum atomic E-state index is 11.0. The average molecular weight is 389 g/mol. The van der Waals surface area contributed by atoms with Gasteiger partial charge in [0.15, 0.2) is 0 Å². The van der Waals surface area contributed by atoms with Gasteiger partial charge in [-0.05, 0) is 77.4 Å². The van der Waals surface area contributed by atoms with Crippen molar-refractivity contribution in [3.63, 3.8) is 0 Å². The molecule has 4 heteroatoms. The Morgan fingerprint density at radius 3 is 2.59 bits per heavy atom. The van der Waals surface area contributed by atoms with E-state index < -0.39 is 5.97 Å². The lowest BCUT2D eigenvalue weighted by Gasteiger charge is -2.16. The van der Waals surface area contributed by atoms with E-state index in [1.54, 1.807) is 0 Å². The molecular weight excluding hydrogens is 362 g/mol. The molecule has 4 nitrogen and oxygen atoms in total. The first kappa shape index (κ1) is 19.3. The van der Waals surface area contributed by atoms with Crippen LogP contribution in [0.5, 0.6) is 5.75 Å². The van der Waals surface area contributed by atoms with Crippen molar-refractivity contribution in [1.82, 2.24) is 0 Å². The monoisotopic (exact) mass is 389 g/mol. The minimum atomic E-state index is -0.783. The van der Waals surface area contributed by atoms with Crippen LogP contribution in [0.15, 0.2) is 54.6 Å². The molecule has 1 fully saturated rings. The summed E-state index contributed by atoms with van der Waals surface area (Å²) in [4.78, 5) is 11.0. The average Bonchev–Trinajstić information content (AvgIpc) is 3.24. The zero-order chi connectivity index (χ0) is 20.2. The van der Waals surface area contributed by atoms with Crippen molar-refractivity contribution in [1.29, 1.82) is 0 Å². The van der Waals surface area contributed by atoms with E-state index >= 15 is 0 Å². The van der Waals surface area contributed by atoms with E-state index in [1.165, 1.54) is 25.7 Å². The minimum absolute atomic E-state index is 0.121. The Labute approximate surface area is 171 Å². The van der Waals surface area contributed by atoms with Crippen LogP contribution in [0.2, 0.25) is 0 Å². The van der Waals surface area contributed by atoms with Gasteiger partial charge in [0.25, 0.3) is 0 Å². The fourth-order valence-electron chi connectivity index (χ4n) is 4.15. The molecule has 0 unspecified atom stereocenters. The summed E-state index contributed by atoms with van der Waals surface area (Å²) in [6, 6.07) is 18.3. The van der Waals surface area contributed by atoms with E-state index in [1.807, 2.05) is 30.3 Å². The molecule has 0 aromatic heterocycles. The topological polar surface area (TPSA) is 72.6 Å². The van der Waals surface area contributed by atoms with E-state index in [0.717, 1.165) is 45.5 Å². The second kappa shape index (κ2) is 8.56. The molecule has 29 heavy (non-hydrogen) atoms. The number of fused-ring (bicyclic) bond motifs is 1. The summed E-state index contributed by atoms with van der Waals surface area (Å²) in [7, 11) is 0. The first-order valence-corrected chi connectivity index (χ1v) is 10.4. The van der Waals surface area contributed by atoms with Crippen LogP contribution < -0.4 is 10.5 Å². The van der Waals surface area contributed by atoms with Gasteiger partial charge in [-0.1, -0.05) is 37.1 Å². The summed E-state index contributed by atoms with van der Waals surface area (Å²) in [6.07, 6.45) is 5.69. The number of carbonyl (C=O) groups is 1. The largest absolute Gasteiger partial charge is 0.493 e. The van der Waals surface area contributed by atoms with Gasteiger partial charge < -0.3 is 15.6 Å². The van der Waals surface area contributed by atoms with E-state index in [2.05, 4.69) is 24.3 Å². The Bertz CT molecular complexity index is 1020. The molecule has 4 rings (SSSR count). The molecule has 1 aliphatic carbocycles. The number of nitrogens with two attached hydrogens (primary N) is 1. The van der Waals surface area contributed by atoms with Crippen molar-refractivity contribution in [3.8, 4) is 16.9 Å². The van der Waals surface area contributed by atoms with Gasteiger partial charge >= 0.3 is 5.97 Å². The predicted molar refractivity (Wildman–Crippen MR) is 117 cm³/mol. The fraction of sp³-hybridized carbons (Fsp3) is 0.320. The molecule has 3 aromatic rings. The number of hydrogen-bond acceptors (Lipinski definition) is 3. The highest BCUT2D eigenvalue weighted by atomic mass is 16.5. The second-order valence-corrected chi connectivity index (χ2v) is 8.01. The summed E-state index contributed by atoms with van der Waals surface area (Å²) < 4.78 is 6.25. The Hall–Kier alpha value is -3.01. The SMILES string of the molecule is Nc1ccc2ccc(-c3cc(CCC(=O)O)ccc3OCC3CCCC3)cc2c1. The maximum absolute atomic E-state index is 11.0. The van der Waals surface area contributed by atoms with Gasteiger partial charge in [0, 0.05) is 17.7 Å². The van der Waals surface area contributed by atoms with Crippen LogP contribution in [-0.2, 0) is 11.2 Å². The summed E-state index contributed by atoms with van der Waals surface area (Å²) in [5.41, 5.74) is 9.78. The van der Waals surface area contributed by atoms with Crippen LogP contribution >= 0.6 is 0 Å². The van der Waals surface area contributed by atoms with Crippen molar-refractivity contribution >= 4 is 22.4 Å². The number of rotatable bonds is 7. The van der Waals surface area contributed by atoms with Crippen LogP contribution in [0.3, 0.4) is 0 Å². The van der Waals surface area contributed by atoms with Crippen LogP contribution in [0, 0.1) is 5.92 Å². The molecule has 150 valence electrons. The molecule has 3 N–H and O–H groups in total. The molecule has 3 aromatic carbocycles. The molecule has 0 amide bonds. The second-order valence-electron chi connectivity index (χ2n) is 8.01. The third kappa shape index (κ3) is 4.70. The molecule has 0 aliphatic heterocycles. The van der Waals surface area contributed by atoms with Crippen LogP contribution in [0.4, 0.5) is 5.69 Å². The molecule has 0 saturated heterocycles.